The summed E-state index contributed by atoms with van der Waals surface area (Å²) >= 11 is 6.19. The summed E-state index contributed by atoms with van der Waals surface area (Å²) in [5, 5.41) is 2.96. The van der Waals surface area contributed by atoms with Crippen molar-refractivity contribution in [3.8, 4) is 5.75 Å². The zero-order valence-corrected chi connectivity index (χ0v) is 17.0. The molecule has 4 aromatic rings. The summed E-state index contributed by atoms with van der Waals surface area (Å²) in [4.78, 5) is 18.4. The van der Waals surface area contributed by atoms with E-state index in [0.29, 0.717) is 19.5 Å². The maximum Gasteiger partial charge on any atom is 0.224 e. The van der Waals surface area contributed by atoms with E-state index in [0.717, 1.165) is 45.5 Å². The predicted molar refractivity (Wildman–Crippen MR) is 116 cm³/mol. The fraction of sp³-hybridized carbons (Fsp3) is 0.261. The molecule has 29 heavy (non-hydrogen) atoms. The van der Waals surface area contributed by atoms with Gasteiger partial charge in [-0.2, -0.15) is 0 Å². The number of aromatic nitrogens is 2. The third-order valence-corrected chi connectivity index (χ3v) is 6.07. The van der Waals surface area contributed by atoms with Crippen LogP contribution in [0.2, 0.25) is 5.02 Å². The van der Waals surface area contributed by atoms with E-state index in [1.807, 2.05) is 47.5 Å². The van der Waals surface area contributed by atoms with Crippen LogP contribution in [0, 0.1) is 0 Å². The van der Waals surface area contributed by atoms with Crippen molar-refractivity contribution in [3.05, 3.63) is 64.9 Å². The molecule has 2 aromatic heterocycles. The van der Waals surface area contributed by atoms with Crippen LogP contribution in [0.25, 0.3) is 21.8 Å². The number of fused-ring (bicyclic) bond motifs is 4. The van der Waals surface area contributed by atoms with Crippen molar-refractivity contribution in [3.63, 3.8) is 0 Å². The van der Waals surface area contributed by atoms with Gasteiger partial charge >= 0.3 is 0 Å². The van der Waals surface area contributed by atoms with Crippen molar-refractivity contribution < 1.29 is 9.53 Å². The number of aromatic amines is 1. The van der Waals surface area contributed by atoms with Crippen LogP contribution in [0.1, 0.15) is 17.7 Å². The maximum absolute atomic E-state index is 12.9. The van der Waals surface area contributed by atoms with Gasteiger partial charge in [-0.1, -0.05) is 11.6 Å². The first-order valence-corrected chi connectivity index (χ1v) is 10.2. The molecule has 6 heteroatoms. The van der Waals surface area contributed by atoms with E-state index in [-0.39, 0.29) is 5.91 Å². The van der Waals surface area contributed by atoms with Gasteiger partial charge in [-0.25, -0.2) is 0 Å². The molecule has 3 heterocycles. The van der Waals surface area contributed by atoms with E-state index in [2.05, 4.69) is 15.6 Å². The number of aryl methyl sites for hydroxylation is 1. The highest BCUT2D eigenvalue weighted by atomic mass is 35.5. The summed E-state index contributed by atoms with van der Waals surface area (Å²) < 4.78 is 7.42. The molecule has 1 aliphatic heterocycles. The smallest absolute Gasteiger partial charge is 0.224 e. The number of H-pyrrole nitrogens is 1. The van der Waals surface area contributed by atoms with Gasteiger partial charge in [0.15, 0.2) is 0 Å². The number of carbonyl (C=O) groups is 1. The number of amides is 1. The van der Waals surface area contributed by atoms with E-state index in [1.54, 1.807) is 7.11 Å². The molecule has 0 atom stereocenters. The standard InChI is InChI=1S/C23H22ClN3O2/c1-29-17-3-5-22-15(12-17)6-9-26(22)11-8-23(28)27-10-7-21-19(14-27)18-13-16(24)2-4-20(18)25-21/h2-6,9,12-13,25H,7-8,10-11,14H2,1H3. The normalized spacial score (nSPS) is 13.8. The molecule has 1 N–H and O–H groups in total. The SMILES string of the molecule is COc1ccc2c(ccn2CCC(=O)N2CCc3[nH]c4ccc(Cl)cc4c3C2)c1. The summed E-state index contributed by atoms with van der Waals surface area (Å²) in [6, 6.07) is 14.0. The highest BCUT2D eigenvalue weighted by Gasteiger charge is 2.24. The topological polar surface area (TPSA) is 50.3 Å². The van der Waals surface area contributed by atoms with Gasteiger partial charge < -0.3 is 19.2 Å². The molecule has 0 bridgehead atoms. The first-order chi connectivity index (χ1) is 14.1. The van der Waals surface area contributed by atoms with E-state index in [4.69, 9.17) is 16.3 Å². The number of nitrogens with one attached hydrogen (secondary N) is 1. The largest absolute Gasteiger partial charge is 0.497 e. The second kappa shape index (κ2) is 7.16. The second-order valence-electron chi connectivity index (χ2n) is 7.52. The van der Waals surface area contributed by atoms with E-state index >= 15 is 0 Å². The zero-order valence-electron chi connectivity index (χ0n) is 16.2. The maximum atomic E-state index is 12.9. The number of nitrogens with zero attached hydrogens (tertiary/aromatic N) is 2. The summed E-state index contributed by atoms with van der Waals surface area (Å²) in [5.74, 6) is 1.02. The van der Waals surface area contributed by atoms with Gasteiger partial charge in [0, 0.05) is 76.8 Å². The van der Waals surface area contributed by atoms with Crippen molar-refractivity contribution in [2.45, 2.75) is 25.9 Å². The Morgan fingerprint density at radius 3 is 2.97 bits per heavy atom. The number of hydrogen-bond donors (Lipinski definition) is 1. The van der Waals surface area contributed by atoms with Crippen LogP contribution >= 0.6 is 11.6 Å². The Labute approximate surface area is 173 Å². The minimum Gasteiger partial charge on any atom is -0.497 e. The van der Waals surface area contributed by atoms with Gasteiger partial charge in [0.2, 0.25) is 5.91 Å². The molecule has 0 radical (unpaired) electrons. The van der Waals surface area contributed by atoms with Crippen molar-refractivity contribution in [2.24, 2.45) is 0 Å². The van der Waals surface area contributed by atoms with Crippen LogP contribution in [-0.4, -0.2) is 34.0 Å². The van der Waals surface area contributed by atoms with Gasteiger partial charge in [-0.05, 0) is 42.5 Å². The molecule has 0 saturated carbocycles. The number of benzene rings is 2. The summed E-state index contributed by atoms with van der Waals surface area (Å²) in [6.45, 7) is 2.05. The first kappa shape index (κ1) is 18.1. The van der Waals surface area contributed by atoms with Gasteiger partial charge in [-0.3, -0.25) is 4.79 Å². The molecule has 1 aliphatic rings. The molecular formula is C23H22ClN3O2. The Hall–Kier alpha value is -2.92. The van der Waals surface area contributed by atoms with Crippen molar-refractivity contribution in [1.29, 1.82) is 0 Å². The van der Waals surface area contributed by atoms with Crippen molar-refractivity contribution in [2.75, 3.05) is 13.7 Å². The Morgan fingerprint density at radius 2 is 2.10 bits per heavy atom. The molecule has 5 rings (SSSR count). The monoisotopic (exact) mass is 407 g/mol. The number of methoxy groups -OCH3 is 1. The second-order valence-corrected chi connectivity index (χ2v) is 7.96. The zero-order chi connectivity index (χ0) is 20.0. The van der Waals surface area contributed by atoms with Crippen LogP contribution < -0.4 is 4.74 Å². The summed E-state index contributed by atoms with van der Waals surface area (Å²) in [6.07, 6.45) is 3.36. The van der Waals surface area contributed by atoms with Gasteiger partial charge in [0.1, 0.15) is 5.75 Å². The highest BCUT2D eigenvalue weighted by Crippen LogP contribution is 2.30. The molecule has 148 valence electrons. The van der Waals surface area contributed by atoms with Gasteiger partial charge in [0.25, 0.3) is 0 Å². The van der Waals surface area contributed by atoms with Crippen LogP contribution in [-0.2, 0) is 24.3 Å². The highest BCUT2D eigenvalue weighted by molar-refractivity contribution is 6.31. The lowest BCUT2D eigenvalue weighted by Crippen LogP contribution is -2.36. The van der Waals surface area contributed by atoms with Gasteiger partial charge in [0.05, 0.1) is 7.11 Å². The fourth-order valence-corrected chi connectivity index (χ4v) is 4.45. The quantitative estimate of drug-likeness (QED) is 0.530. The van der Waals surface area contributed by atoms with Crippen LogP contribution in [0.3, 0.4) is 0 Å². The minimum absolute atomic E-state index is 0.183. The molecule has 0 fully saturated rings. The lowest BCUT2D eigenvalue weighted by molar-refractivity contribution is -0.132. The Kier molecular flexibility index (Phi) is 4.47. The van der Waals surface area contributed by atoms with Crippen LogP contribution in [0.15, 0.2) is 48.7 Å². The Morgan fingerprint density at radius 1 is 1.21 bits per heavy atom. The number of hydrogen-bond acceptors (Lipinski definition) is 2. The average Bonchev–Trinajstić information content (AvgIpc) is 3.31. The molecule has 0 aliphatic carbocycles. The summed E-state index contributed by atoms with van der Waals surface area (Å²) in [5.41, 5.74) is 4.62. The van der Waals surface area contributed by atoms with E-state index in [1.165, 1.54) is 11.3 Å². The molecule has 0 saturated heterocycles. The van der Waals surface area contributed by atoms with Crippen LogP contribution in [0.5, 0.6) is 5.75 Å². The third kappa shape index (κ3) is 3.25. The van der Waals surface area contributed by atoms with Crippen LogP contribution in [0.4, 0.5) is 0 Å². The number of rotatable bonds is 4. The average molecular weight is 408 g/mol. The van der Waals surface area contributed by atoms with Gasteiger partial charge in [-0.15, -0.1) is 0 Å². The lowest BCUT2D eigenvalue weighted by atomic mass is 10.0. The number of halogens is 1. The molecule has 2 aromatic carbocycles. The molecule has 0 spiro atoms. The Bertz CT molecular complexity index is 1220. The van der Waals surface area contributed by atoms with Crippen molar-refractivity contribution in [1.82, 2.24) is 14.5 Å². The molecular weight excluding hydrogens is 386 g/mol. The minimum atomic E-state index is 0.183. The van der Waals surface area contributed by atoms with E-state index in [9.17, 15) is 4.79 Å². The molecule has 1 amide bonds. The number of carbonyl (C=O) groups excluding carboxylic acids is 1. The first-order valence-electron chi connectivity index (χ1n) is 9.82. The predicted octanol–water partition coefficient (Wildman–Crippen LogP) is 4.76. The Balaban J connectivity index is 1.31. The van der Waals surface area contributed by atoms with Crippen molar-refractivity contribution >= 4 is 39.3 Å². The molecule has 0 unspecified atom stereocenters. The fourth-order valence-electron chi connectivity index (χ4n) is 4.27. The molecule has 5 nitrogen and oxygen atoms in total. The lowest BCUT2D eigenvalue weighted by Gasteiger charge is -2.27. The summed E-state index contributed by atoms with van der Waals surface area (Å²) in [7, 11) is 1.67. The third-order valence-electron chi connectivity index (χ3n) is 5.83. The number of ether oxygens (including phenoxy) is 1. The van der Waals surface area contributed by atoms with E-state index < -0.39 is 0 Å².